The molecule has 1 amide bonds. The van der Waals surface area contributed by atoms with Gasteiger partial charge in [-0.3, -0.25) is 4.79 Å². The number of nitrogens with zero attached hydrogens (tertiary/aromatic N) is 2. The van der Waals surface area contributed by atoms with Crippen LogP contribution in [0.5, 0.6) is 0 Å². The van der Waals surface area contributed by atoms with E-state index in [9.17, 15) is 4.79 Å². The maximum absolute atomic E-state index is 11.4. The molecule has 1 aliphatic heterocycles. The number of methoxy groups -OCH3 is 1. The van der Waals surface area contributed by atoms with Crippen molar-refractivity contribution < 1.29 is 9.53 Å². The van der Waals surface area contributed by atoms with E-state index in [1.54, 1.807) is 12.0 Å². The predicted octanol–water partition coefficient (Wildman–Crippen LogP) is 0.928. The van der Waals surface area contributed by atoms with E-state index in [2.05, 4.69) is 0 Å². The Morgan fingerprint density at radius 2 is 2.43 bits per heavy atom. The fraction of sp³-hybridized carbons (Fsp3) is 0.800. The van der Waals surface area contributed by atoms with Crippen LogP contribution in [0.25, 0.3) is 0 Å². The van der Waals surface area contributed by atoms with Crippen molar-refractivity contribution in [1.29, 1.82) is 5.26 Å². The van der Waals surface area contributed by atoms with Crippen molar-refractivity contribution in [2.75, 3.05) is 20.2 Å². The SMILES string of the molecule is COC1(C)CCCN(C(=O)CC#N)C1. The third kappa shape index (κ3) is 2.46. The molecule has 0 N–H and O–H groups in total. The van der Waals surface area contributed by atoms with E-state index in [0.717, 1.165) is 19.4 Å². The van der Waals surface area contributed by atoms with E-state index < -0.39 is 0 Å². The number of ether oxygens (including phenoxy) is 1. The van der Waals surface area contributed by atoms with Crippen LogP contribution in [-0.4, -0.2) is 36.6 Å². The van der Waals surface area contributed by atoms with Gasteiger partial charge in [-0.15, -0.1) is 0 Å². The van der Waals surface area contributed by atoms with Crippen molar-refractivity contribution in [1.82, 2.24) is 4.90 Å². The third-order valence-corrected chi connectivity index (χ3v) is 2.73. The number of hydrogen-bond donors (Lipinski definition) is 0. The smallest absolute Gasteiger partial charge is 0.236 e. The van der Waals surface area contributed by atoms with Crippen molar-refractivity contribution in [2.45, 2.75) is 31.8 Å². The van der Waals surface area contributed by atoms with E-state index >= 15 is 0 Å². The van der Waals surface area contributed by atoms with Gasteiger partial charge in [-0.25, -0.2) is 0 Å². The lowest BCUT2D eigenvalue weighted by atomic mass is 9.94. The highest BCUT2D eigenvalue weighted by Crippen LogP contribution is 2.23. The zero-order valence-electron chi connectivity index (χ0n) is 8.75. The minimum Gasteiger partial charge on any atom is -0.377 e. The van der Waals surface area contributed by atoms with Crippen LogP contribution < -0.4 is 0 Å². The molecule has 1 rings (SSSR count). The van der Waals surface area contributed by atoms with E-state index in [4.69, 9.17) is 10.00 Å². The summed E-state index contributed by atoms with van der Waals surface area (Å²) in [6.07, 6.45) is 1.89. The fourth-order valence-electron chi connectivity index (χ4n) is 1.76. The number of piperidine rings is 1. The first-order chi connectivity index (χ1) is 6.61. The molecule has 0 spiro atoms. The molecule has 1 fully saturated rings. The second-order valence-electron chi connectivity index (χ2n) is 3.91. The summed E-state index contributed by atoms with van der Waals surface area (Å²) in [6.45, 7) is 3.35. The van der Waals surface area contributed by atoms with Crippen molar-refractivity contribution in [3.05, 3.63) is 0 Å². The molecule has 1 aliphatic rings. The summed E-state index contributed by atoms with van der Waals surface area (Å²) >= 11 is 0. The molecule has 0 bridgehead atoms. The van der Waals surface area contributed by atoms with Crippen LogP contribution >= 0.6 is 0 Å². The highest BCUT2D eigenvalue weighted by molar-refractivity contribution is 5.78. The lowest BCUT2D eigenvalue weighted by Crippen LogP contribution is -2.49. The first-order valence-corrected chi connectivity index (χ1v) is 4.81. The van der Waals surface area contributed by atoms with Gasteiger partial charge in [-0.05, 0) is 19.8 Å². The first-order valence-electron chi connectivity index (χ1n) is 4.81. The normalized spacial score (nSPS) is 27.1. The molecule has 0 saturated carbocycles. The lowest BCUT2D eigenvalue weighted by molar-refractivity contribution is -0.138. The maximum atomic E-state index is 11.4. The standard InChI is InChI=1S/C10H16N2O2/c1-10(14-2)5-3-7-12(8-10)9(13)4-6-11/h3-5,7-8H2,1-2H3. The Morgan fingerprint density at radius 1 is 1.71 bits per heavy atom. The molecule has 1 heterocycles. The molecule has 4 heteroatoms. The number of hydrogen-bond acceptors (Lipinski definition) is 3. The monoisotopic (exact) mass is 196 g/mol. The molecule has 0 aromatic rings. The Bertz CT molecular complexity index is 259. The Kier molecular flexibility index (Phi) is 3.48. The van der Waals surface area contributed by atoms with Gasteiger partial charge in [0, 0.05) is 20.2 Å². The molecule has 1 unspecified atom stereocenters. The van der Waals surface area contributed by atoms with Crippen LogP contribution in [-0.2, 0) is 9.53 Å². The Balaban J connectivity index is 2.57. The number of amides is 1. The zero-order valence-corrected chi connectivity index (χ0v) is 8.75. The largest absolute Gasteiger partial charge is 0.377 e. The lowest BCUT2D eigenvalue weighted by Gasteiger charge is -2.39. The molecule has 0 aromatic carbocycles. The van der Waals surface area contributed by atoms with Crippen LogP contribution in [0.4, 0.5) is 0 Å². The number of rotatable bonds is 2. The Labute approximate surface area is 84.4 Å². The van der Waals surface area contributed by atoms with Crippen molar-refractivity contribution in [2.24, 2.45) is 0 Å². The summed E-state index contributed by atoms with van der Waals surface area (Å²) in [5.74, 6) is -0.0875. The van der Waals surface area contributed by atoms with E-state index in [1.165, 1.54) is 0 Å². The second kappa shape index (κ2) is 4.43. The average molecular weight is 196 g/mol. The van der Waals surface area contributed by atoms with Crippen molar-refractivity contribution in [3.63, 3.8) is 0 Å². The molecular weight excluding hydrogens is 180 g/mol. The van der Waals surface area contributed by atoms with Crippen LogP contribution in [0.3, 0.4) is 0 Å². The first kappa shape index (κ1) is 11.0. The van der Waals surface area contributed by atoms with Gasteiger partial charge in [-0.1, -0.05) is 0 Å². The van der Waals surface area contributed by atoms with E-state index in [1.807, 2.05) is 13.0 Å². The topological polar surface area (TPSA) is 53.3 Å². The molecule has 0 radical (unpaired) electrons. The Hall–Kier alpha value is -1.08. The number of carbonyl (C=O) groups is 1. The van der Waals surface area contributed by atoms with Crippen LogP contribution in [0.1, 0.15) is 26.2 Å². The van der Waals surface area contributed by atoms with Gasteiger partial charge in [0.1, 0.15) is 6.42 Å². The molecule has 78 valence electrons. The van der Waals surface area contributed by atoms with Crippen LogP contribution in [0, 0.1) is 11.3 Å². The minimum absolute atomic E-state index is 0.0280. The third-order valence-electron chi connectivity index (χ3n) is 2.73. The molecule has 1 atom stereocenters. The van der Waals surface area contributed by atoms with Crippen molar-refractivity contribution in [3.8, 4) is 6.07 Å². The van der Waals surface area contributed by atoms with Gasteiger partial charge in [0.15, 0.2) is 0 Å². The number of carbonyl (C=O) groups excluding carboxylic acids is 1. The highest BCUT2D eigenvalue weighted by Gasteiger charge is 2.32. The summed E-state index contributed by atoms with van der Waals surface area (Å²) in [5.41, 5.74) is -0.233. The second-order valence-corrected chi connectivity index (χ2v) is 3.91. The van der Waals surface area contributed by atoms with Crippen LogP contribution in [0.2, 0.25) is 0 Å². The van der Waals surface area contributed by atoms with Crippen molar-refractivity contribution >= 4 is 5.91 Å². The van der Waals surface area contributed by atoms with Crippen LogP contribution in [0.15, 0.2) is 0 Å². The fourth-order valence-corrected chi connectivity index (χ4v) is 1.76. The summed E-state index contributed by atoms with van der Waals surface area (Å²) in [6, 6.07) is 1.88. The quantitative estimate of drug-likeness (QED) is 0.660. The highest BCUT2D eigenvalue weighted by atomic mass is 16.5. The van der Waals surface area contributed by atoms with Gasteiger partial charge in [0.05, 0.1) is 11.7 Å². The molecule has 0 aromatic heterocycles. The number of likely N-dealkylation sites (tertiary alicyclic amines) is 1. The van der Waals surface area contributed by atoms with Gasteiger partial charge >= 0.3 is 0 Å². The van der Waals surface area contributed by atoms with Gasteiger partial charge in [-0.2, -0.15) is 5.26 Å². The Morgan fingerprint density at radius 3 is 3.00 bits per heavy atom. The average Bonchev–Trinajstić information content (AvgIpc) is 2.18. The summed E-state index contributed by atoms with van der Waals surface area (Å²) in [5, 5.41) is 8.43. The summed E-state index contributed by atoms with van der Waals surface area (Å²) in [7, 11) is 1.66. The molecule has 14 heavy (non-hydrogen) atoms. The van der Waals surface area contributed by atoms with Gasteiger partial charge in [0.2, 0.25) is 5.91 Å². The molecule has 4 nitrogen and oxygen atoms in total. The minimum atomic E-state index is -0.233. The molecular formula is C10H16N2O2. The van der Waals surface area contributed by atoms with Gasteiger partial charge in [0.25, 0.3) is 0 Å². The molecule has 0 aliphatic carbocycles. The molecule has 1 saturated heterocycles. The predicted molar refractivity (Wildman–Crippen MR) is 51.5 cm³/mol. The summed E-state index contributed by atoms with van der Waals surface area (Å²) in [4.78, 5) is 13.2. The summed E-state index contributed by atoms with van der Waals surface area (Å²) < 4.78 is 5.36. The van der Waals surface area contributed by atoms with E-state index in [0.29, 0.717) is 6.54 Å². The van der Waals surface area contributed by atoms with Gasteiger partial charge < -0.3 is 9.64 Å². The zero-order chi connectivity index (χ0) is 10.6. The number of nitriles is 1. The van der Waals surface area contributed by atoms with E-state index in [-0.39, 0.29) is 17.9 Å². The maximum Gasteiger partial charge on any atom is 0.236 e.